The first-order valence-electron chi connectivity index (χ1n) is 6.58. The fourth-order valence-electron chi connectivity index (χ4n) is 1.80. The van der Waals surface area contributed by atoms with Gasteiger partial charge in [-0.15, -0.1) is 0 Å². The molecule has 0 aromatic heterocycles. The molecule has 0 spiro atoms. The Hall–Kier alpha value is -2.94. The number of halogens is 2. The van der Waals surface area contributed by atoms with Crippen LogP contribution in [0.15, 0.2) is 42.5 Å². The summed E-state index contributed by atoms with van der Waals surface area (Å²) in [7, 11) is 0. The molecule has 0 heterocycles. The molecule has 0 saturated carbocycles. The predicted molar refractivity (Wildman–Crippen MR) is 79.3 cm³/mol. The summed E-state index contributed by atoms with van der Waals surface area (Å²) in [6.45, 7) is 0.299. The van der Waals surface area contributed by atoms with Crippen LogP contribution in [0.4, 0.5) is 20.2 Å². The van der Waals surface area contributed by atoms with Gasteiger partial charge in [-0.25, -0.2) is 8.78 Å². The Morgan fingerprint density at radius 3 is 2.32 bits per heavy atom. The molecule has 0 aliphatic rings. The molecule has 2 aromatic rings. The molecule has 4 nitrogen and oxygen atoms in total. The van der Waals surface area contributed by atoms with Crippen molar-refractivity contribution in [3.63, 3.8) is 0 Å². The summed E-state index contributed by atoms with van der Waals surface area (Å²) in [5.74, 6) is -2.12. The smallest absolute Gasteiger partial charge is 0.226 e. The molecule has 0 fully saturated rings. The molecule has 2 aromatic carbocycles. The maximum atomic E-state index is 13.4. The normalized spacial score (nSPS) is 9.86. The van der Waals surface area contributed by atoms with Gasteiger partial charge in [0.1, 0.15) is 17.3 Å². The summed E-state index contributed by atoms with van der Waals surface area (Å²) >= 11 is 0. The van der Waals surface area contributed by atoms with Crippen molar-refractivity contribution in [3.8, 4) is 6.07 Å². The summed E-state index contributed by atoms with van der Waals surface area (Å²) in [4.78, 5) is 11.7. The van der Waals surface area contributed by atoms with Gasteiger partial charge in [-0.3, -0.25) is 4.79 Å². The van der Waals surface area contributed by atoms with Crippen molar-refractivity contribution < 1.29 is 13.6 Å². The molecule has 1 amide bonds. The molecule has 0 radical (unpaired) electrons. The molecular formula is C16H13F2N3O. The maximum Gasteiger partial charge on any atom is 0.226 e. The number of nitrogens with zero attached hydrogens (tertiary/aromatic N) is 1. The van der Waals surface area contributed by atoms with Crippen molar-refractivity contribution in [2.45, 2.75) is 6.42 Å². The number of rotatable bonds is 5. The van der Waals surface area contributed by atoms with Gasteiger partial charge in [0.2, 0.25) is 5.91 Å². The van der Waals surface area contributed by atoms with E-state index in [1.54, 1.807) is 24.3 Å². The number of carbonyl (C=O) groups excluding carboxylic acids is 1. The largest absolute Gasteiger partial charge is 0.385 e. The number of carbonyl (C=O) groups is 1. The van der Waals surface area contributed by atoms with Crippen LogP contribution in [0.2, 0.25) is 0 Å². The second kappa shape index (κ2) is 7.18. The Morgan fingerprint density at radius 2 is 1.73 bits per heavy atom. The van der Waals surface area contributed by atoms with E-state index in [1.807, 2.05) is 6.07 Å². The van der Waals surface area contributed by atoms with Crippen LogP contribution in [0.25, 0.3) is 0 Å². The Morgan fingerprint density at radius 1 is 1.09 bits per heavy atom. The number of hydrogen-bond donors (Lipinski definition) is 2. The molecular weight excluding hydrogens is 288 g/mol. The highest BCUT2D eigenvalue weighted by atomic mass is 19.1. The molecule has 0 unspecified atom stereocenters. The summed E-state index contributed by atoms with van der Waals surface area (Å²) in [5, 5.41) is 13.9. The van der Waals surface area contributed by atoms with Gasteiger partial charge in [0, 0.05) is 18.7 Å². The standard InChI is InChI=1S/C16H13F2N3O/c17-13-2-1-3-14(18)16(13)21-15(22)8-9-20-12-6-4-11(10-19)5-7-12/h1-7,20H,8-9H2,(H,21,22). The SMILES string of the molecule is N#Cc1ccc(NCCC(=O)Nc2c(F)cccc2F)cc1. The molecule has 0 atom stereocenters. The van der Waals surface area contributed by atoms with Crippen molar-refractivity contribution >= 4 is 17.3 Å². The van der Waals surface area contributed by atoms with Crippen LogP contribution >= 0.6 is 0 Å². The molecule has 0 aliphatic heterocycles. The summed E-state index contributed by atoms with van der Waals surface area (Å²) in [6, 6.07) is 12.1. The summed E-state index contributed by atoms with van der Waals surface area (Å²) in [5.41, 5.74) is 0.855. The number of nitrogens with one attached hydrogen (secondary N) is 2. The zero-order valence-electron chi connectivity index (χ0n) is 11.6. The topological polar surface area (TPSA) is 64.9 Å². The van der Waals surface area contributed by atoms with Crippen LogP contribution in [0, 0.1) is 23.0 Å². The van der Waals surface area contributed by atoms with Crippen LogP contribution in [0.1, 0.15) is 12.0 Å². The van der Waals surface area contributed by atoms with Crippen molar-refractivity contribution in [1.82, 2.24) is 0 Å². The van der Waals surface area contributed by atoms with Crippen LogP contribution in [-0.4, -0.2) is 12.5 Å². The van der Waals surface area contributed by atoms with Crippen LogP contribution in [-0.2, 0) is 4.79 Å². The Bertz CT molecular complexity index is 688. The maximum absolute atomic E-state index is 13.4. The first-order chi connectivity index (χ1) is 10.6. The summed E-state index contributed by atoms with van der Waals surface area (Å²) < 4.78 is 26.7. The minimum absolute atomic E-state index is 0.0494. The van der Waals surface area contributed by atoms with Gasteiger partial charge in [-0.05, 0) is 36.4 Å². The molecule has 6 heteroatoms. The highest BCUT2D eigenvalue weighted by Gasteiger charge is 2.11. The van der Waals surface area contributed by atoms with Gasteiger partial charge in [-0.1, -0.05) is 6.07 Å². The predicted octanol–water partition coefficient (Wildman–Crippen LogP) is 3.28. The van der Waals surface area contributed by atoms with E-state index in [1.165, 1.54) is 6.07 Å². The molecule has 0 aliphatic carbocycles. The zero-order valence-corrected chi connectivity index (χ0v) is 11.6. The monoisotopic (exact) mass is 301 g/mol. The van der Waals surface area contributed by atoms with E-state index < -0.39 is 23.2 Å². The third kappa shape index (κ3) is 4.03. The van der Waals surface area contributed by atoms with E-state index in [0.717, 1.165) is 17.8 Å². The van der Waals surface area contributed by atoms with Gasteiger partial charge in [-0.2, -0.15) is 5.26 Å². The minimum Gasteiger partial charge on any atom is -0.385 e. The second-order valence-electron chi connectivity index (χ2n) is 4.51. The lowest BCUT2D eigenvalue weighted by Crippen LogP contribution is -2.17. The van der Waals surface area contributed by atoms with E-state index >= 15 is 0 Å². The number of nitriles is 1. The number of benzene rings is 2. The highest BCUT2D eigenvalue weighted by Crippen LogP contribution is 2.18. The molecule has 2 rings (SSSR count). The van der Waals surface area contributed by atoms with Crippen molar-refractivity contribution in [2.75, 3.05) is 17.2 Å². The van der Waals surface area contributed by atoms with Crippen molar-refractivity contribution in [3.05, 3.63) is 59.7 Å². The fourth-order valence-corrected chi connectivity index (χ4v) is 1.80. The second-order valence-corrected chi connectivity index (χ2v) is 4.51. The average molecular weight is 301 g/mol. The Kier molecular flexibility index (Phi) is 5.04. The third-order valence-electron chi connectivity index (χ3n) is 2.92. The van der Waals surface area contributed by atoms with Crippen LogP contribution < -0.4 is 10.6 Å². The quantitative estimate of drug-likeness (QED) is 0.890. The van der Waals surface area contributed by atoms with Gasteiger partial charge in [0.25, 0.3) is 0 Å². The molecule has 0 bridgehead atoms. The minimum atomic E-state index is -0.812. The fraction of sp³-hybridized carbons (Fsp3) is 0.125. The summed E-state index contributed by atoms with van der Waals surface area (Å²) in [6.07, 6.45) is 0.0494. The molecule has 2 N–H and O–H groups in total. The zero-order chi connectivity index (χ0) is 15.9. The molecule has 0 saturated heterocycles. The molecule has 112 valence electrons. The third-order valence-corrected chi connectivity index (χ3v) is 2.92. The van der Waals surface area contributed by atoms with E-state index in [0.29, 0.717) is 12.1 Å². The lowest BCUT2D eigenvalue weighted by Gasteiger charge is -2.09. The first-order valence-corrected chi connectivity index (χ1v) is 6.58. The van der Waals surface area contributed by atoms with E-state index in [2.05, 4.69) is 10.6 Å². The van der Waals surface area contributed by atoms with Crippen LogP contribution in [0.3, 0.4) is 0 Å². The number of hydrogen-bond acceptors (Lipinski definition) is 3. The number of amides is 1. The van der Waals surface area contributed by atoms with Gasteiger partial charge in [0.05, 0.1) is 11.6 Å². The van der Waals surface area contributed by atoms with Gasteiger partial charge < -0.3 is 10.6 Å². The lowest BCUT2D eigenvalue weighted by atomic mass is 10.2. The van der Waals surface area contributed by atoms with Crippen molar-refractivity contribution in [1.29, 1.82) is 5.26 Å². The van der Waals surface area contributed by atoms with Crippen molar-refractivity contribution in [2.24, 2.45) is 0 Å². The number of para-hydroxylation sites is 1. The van der Waals surface area contributed by atoms with Gasteiger partial charge >= 0.3 is 0 Å². The Labute approximate surface area is 126 Å². The van der Waals surface area contributed by atoms with Gasteiger partial charge in [0.15, 0.2) is 0 Å². The first kappa shape index (κ1) is 15.4. The van der Waals surface area contributed by atoms with E-state index in [9.17, 15) is 13.6 Å². The van der Waals surface area contributed by atoms with E-state index in [4.69, 9.17) is 5.26 Å². The lowest BCUT2D eigenvalue weighted by molar-refractivity contribution is -0.116. The van der Waals surface area contributed by atoms with Crippen LogP contribution in [0.5, 0.6) is 0 Å². The average Bonchev–Trinajstić information content (AvgIpc) is 2.52. The molecule has 22 heavy (non-hydrogen) atoms. The highest BCUT2D eigenvalue weighted by molar-refractivity contribution is 5.91. The Balaban J connectivity index is 1.84. The number of anilines is 2. The van der Waals surface area contributed by atoms with E-state index in [-0.39, 0.29) is 6.42 Å².